The number of aromatic nitrogens is 5. The smallest absolute Gasteiger partial charge is 0.0967 e. The number of benzene rings is 6. The average molecular weight is 953 g/mol. The molecule has 16 rings (SSSR count). The lowest BCUT2D eigenvalue weighted by molar-refractivity contribution is 0.584. The summed E-state index contributed by atoms with van der Waals surface area (Å²) >= 11 is 0. The van der Waals surface area contributed by atoms with Crippen molar-refractivity contribution in [3.8, 4) is 22.5 Å². The molecule has 0 fully saturated rings. The number of fused-ring (bicyclic) bond motifs is 13. The SMILES string of the molecule is CC1c2cc3c4cc(C5C=c6cccnc6=C6N=CC=CC65)ccc4n(-c4ccccc4)c3c3c2-c2c(cc4c5c(n(-c6ccccc6)c4c2C1C)C=CC(c1cc2cccnc2c2ncccc12)C5)C(C)C3C. The maximum absolute atomic E-state index is 4.95. The number of allylic oxidation sites excluding steroid dienone is 2. The highest BCUT2D eigenvalue weighted by Crippen LogP contribution is 2.62. The van der Waals surface area contributed by atoms with Crippen LogP contribution in [0.4, 0.5) is 0 Å². The summed E-state index contributed by atoms with van der Waals surface area (Å²) < 4.78 is 5.23. The van der Waals surface area contributed by atoms with Gasteiger partial charge in [0.05, 0.1) is 38.6 Å². The van der Waals surface area contributed by atoms with Crippen LogP contribution in [0, 0.1) is 5.92 Å². The molecule has 5 aromatic heterocycles. The number of pyridine rings is 3. The highest BCUT2D eigenvalue weighted by molar-refractivity contribution is 6.15. The minimum atomic E-state index is 0.111. The molecule has 6 heteroatoms. The first-order valence-electron chi connectivity index (χ1n) is 26.6. The van der Waals surface area contributed by atoms with E-state index in [1.807, 2.05) is 36.9 Å². The Morgan fingerprint density at radius 2 is 1.20 bits per heavy atom. The largest absolute Gasteiger partial charge is 0.309 e. The molecule has 0 bridgehead atoms. The van der Waals surface area contributed by atoms with Crippen LogP contribution in [0.15, 0.2) is 175 Å². The van der Waals surface area contributed by atoms with Crippen LogP contribution < -0.4 is 10.6 Å². The zero-order chi connectivity index (χ0) is 49.1. The molecule has 7 atom stereocenters. The summed E-state index contributed by atoms with van der Waals surface area (Å²) in [6, 6.07) is 50.0. The van der Waals surface area contributed by atoms with Crippen molar-refractivity contribution >= 4 is 78.6 Å². The summed E-state index contributed by atoms with van der Waals surface area (Å²) in [4.78, 5) is 19.5. The second-order valence-corrected chi connectivity index (χ2v) is 21.8. The molecule has 0 N–H and O–H groups in total. The number of rotatable bonds is 4. The summed E-state index contributed by atoms with van der Waals surface area (Å²) in [6.07, 6.45) is 20.2. The lowest BCUT2D eigenvalue weighted by Gasteiger charge is -2.42. The summed E-state index contributed by atoms with van der Waals surface area (Å²) in [7, 11) is 0. The van der Waals surface area contributed by atoms with Crippen LogP contribution in [0.5, 0.6) is 0 Å². The van der Waals surface area contributed by atoms with E-state index in [0.29, 0.717) is 0 Å². The fourth-order valence-electron chi connectivity index (χ4n) is 14.5. The van der Waals surface area contributed by atoms with Gasteiger partial charge in [-0.2, -0.15) is 0 Å². The van der Waals surface area contributed by atoms with Crippen LogP contribution in [0.25, 0.3) is 94.9 Å². The normalized spacial score (nSPS) is 22.1. The summed E-state index contributed by atoms with van der Waals surface area (Å²) in [5.41, 5.74) is 23.5. The molecular formula is C68H52N6. The van der Waals surface area contributed by atoms with Crippen LogP contribution in [0.1, 0.15) is 108 Å². The molecule has 0 saturated carbocycles. The van der Waals surface area contributed by atoms with Gasteiger partial charge < -0.3 is 9.13 Å². The summed E-state index contributed by atoms with van der Waals surface area (Å²) in [6.45, 7) is 10.0. The van der Waals surface area contributed by atoms with E-state index < -0.39 is 0 Å². The zero-order valence-electron chi connectivity index (χ0n) is 41.8. The van der Waals surface area contributed by atoms with Crippen molar-refractivity contribution in [3.05, 3.63) is 225 Å². The van der Waals surface area contributed by atoms with Crippen molar-refractivity contribution in [2.45, 2.75) is 69.6 Å². The van der Waals surface area contributed by atoms with E-state index in [1.54, 1.807) is 0 Å². The first kappa shape index (κ1) is 42.1. The van der Waals surface area contributed by atoms with Crippen molar-refractivity contribution in [2.75, 3.05) is 0 Å². The molecule has 0 saturated heterocycles. The molecule has 0 amide bonds. The van der Waals surface area contributed by atoms with E-state index in [4.69, 9.17) is 19.9 Å². The molecule has 11 aromatic rings. The molecule has 0 radical (unpaired) electrons. The van der Waals surface area contributed by atoms with Crippen LogP contribution in [-0.2, 0) is 6.42 Å². The average Bonchev–Trinajstić information content (AvgIpc) is 3.96. The molecule has 6 heterocycles. The quantitative estimate of drug-likeness (QED) is 0.165. The second-order valence-electron chi connectivity index (χ2n) is 21.8. The maximum Gasteiger partial charge on any atom is 0.0967 e. The van der Waals surface area contributed by atoms with Crippen molar-refractivity contribution in [1.82, 2.24) is 24.1 Å². The van der Waals surface area contributed by atoms with Crippen molar-refractivity contribution in [2.24, 2.45) is 10.9 Å². The number of para-hydroxylation sites is 2. The van der Waals surface area contributed by atoms with Gasteiger partial charge >= 0.3 is 0 Å². The Kier molecular flexibility index (Phi) is 8.82. The molecule has 354 valence electrons. The lowest BCUT2D eigenvalue weighted by Crippen LogP contribution is -2.37. The maximum atomic E-state index is 4.95. The van der Waals surface area contributed by atoms with Gasteiger partial charge in [0.25, 0.3) is 0 Å². The van der Waals surface area contributed by atoms with Crippen molar-refractivity contribution in [3.63, 3.8) is 0 Å². The fourth-order valence-corrected chi connectivity index (χ4v) is 14.5. The van der Waals surface area contributed by atoms with Gasteiger partial charge in [0, 0.05) is 86.6 Å². The topological polar surface area (TPSA) is 60.9 Å². The molecule has 4 aliphatic carbocycles. The van der Waals surface area contributed by atoms with Gasteiger partial charge in [-0.3, -0.25) is 19.9 Å². The summed E-state index contributed by atoms with van der Waals surface area (Å²) in [5, 5.41) is 8.50. The molecule has 7 unspecified atom stereocenters. The van der Waals surface area contributed by atoms with Gasteiger partial charge in [-0.1, -0.05) is 107 Å². The van der Waals surface area contributed by atoms with Gasteiger partial charge in [0.15, 0.2) is 0 Å². The zero-order valence-corrected chi connectivity index (χ0v) is 41.8. The Morgan fingerprint density at radius 3 is 1.97 bits per heavy atom. The molecular weight excluding hydrogens is 901 g/mol. The first-order chi connectivity index (χ1) is 36.4. The molecule has 1 aliphatic heterocycles. The van der Waals surface area contributed by atoms with E-state index in [1.165, 1.54) is 105 Å². The van der Waals surface area contributed by atoms with Crippen molar-refractivity contribution < 1.29 is 0 Å². The monoisotopic (exact) mass is 952 g/mol. The third-order valence-corrected chi connectivity index (χ3v) is 18.2. The van der Waals surface area contributed by atoms with Gasteiger partial charge in [-0.05, 0) is 170 Å². The first-order valence-corrected chi connectivity index (χ1v) is 26.6. The third-order valence-electron chi connectivity index (χ3n) is 18.2. The molecule has 6 nitrogen and oxygen atoms in total. The molecule has 0 spiro atoms. The molecule has 6 aromatic carbocycles. The van der Waals surface area contributed by atoms with Gasteiger partial charge in [-0.15, -0.1) is 0 Å². The second kappa shape index (κ2) is 15.5. The minimum absolute atomic E-state index is 0.111. The Bertz CT molecular complexity index is 4490. The fraction of sp³-hybridized carbons (Fsp3) is 0.176. The van der Waals surface area contributed by atoms with Crippen molar-refractivity contribution in [1.29, 1.82) is 0 Å². The van der Waals surface area contributed by atoms with E-state index in [2.05, 4.69) is 189 Å². The predicted molar refractivity (Wildman–Crippen MR) is 304 cm³/mol. The van der Waals surface area contributed by atoms with Gasteiger partial charge in [0.2, 0.25) is 0 Å². The number of hydrogen-bond acceptors (Lipinski definition) is 4. The number of hydrogen-bond donors (Lipinski definition) is 0. The molecule has 74 heavy (non-hydrogen) atoms. The number of nitrogens with zero attached hydrogens (tertiary/aromatic N) is 6. The summed E-state index contributed by atoms with van der Waals surface area (Å²) in [5.74, 6) is 1.44. The Hall–Kier alpha value is -8.48. The number of dihydropyridines is 1. The third kappa shape index (κ3) is 5.66. The predicted octanol–water partition coefficient (Wildman–Crippen LogP) is 14.6. The minimum Gasteiger partial charge on any atom is -0.309 e. The van der Waals surface area contributed by atoms with Crippen LogP contribution in [-0.4, -0.2) is 30.3 Å². The lowest BCUT2D eigenvalue weighted by atomic mass is 9.62. The molecule has 5 aliphatic rings. The van der Waals surface area contributed by atoms with E-state index >= 15 is 0 Å². The Morgan fingerprint density at radius 1 is 0.527 bits per heavy atom. The van der Waals surface area contributed by atoms with Gasteiger partial charge in [-0.25, -0.2) is 0 Å². The Labute approximate surface area is 429 Å². The van der Waals surface area contributed by atoms with Crippen LogP contribution >= 0.6 is 0 Å². The van der Waals surface area contributed by atoms with E-state index in [9.17, 15) is 0 Å². The van der Waals surface area contributed by atoms with E-state index in [0.717, 1.165) is 39.1 Å². The van der Waals surface area contributed by atoms with E-state index in [-0.39, 0.29) is 41.4 Å². The highest BCUT2D eigenvalue weighted by atomic mass is 15.0. The Balaban J connectivity index is 0.958. The van der Waals surface area contributed by atoms with Crippen LogP contribution in [0.3, 0.4) is 0 Å². The number of aliphatic imine (C=N–C) groups is 1. The standard InChI is InChI=1S/C68H52N6/c1-37-39(3)59-62-50(36-56-54-32-42(24-26-58(54)73(67(56)59)45-17-7-5-8-18-45)52-34-44-16-12-28-70-64(44)66-48(52)22-14-30-72-66)38(2)40(4)60-61(62)49(37)35-55-53-31-41(23-25-57(53)74(68(55)60)46-19-9-6-10-20-46)51-33-43-15-11-27-69-63(43)65-47(51)21-13-29-71-65/h5-31,33-40,42,47,51H,32H2,1-4H3. The van der Waals surface area contributed by atoms with Gasteiger partial charge in [0.1, 0.15) is 0 Å². The van der Waals surface area contributed by atoms with Crippen LogP contribution in [0.2, 0.25) is 0 Å². The highest BCUT2D eigenvalue weighted by Gasteiger charge is 2.43.